The van der Waals surface area contributed by atoms with Gasteiger partial charge in [0, 0.05) is 38.6 Å². The molecule has 21 heavy (non-hydrogen) atoms. The van der Waals surface area contributed by atoms with Crippen molar-refractivity contribution in [1.29, 1.82) is 0 Å². The lowest BCUT2D eigenvalue weighted by atomic mass is 10.2. The van der Waals surface area contributed by atoms with E-state index in [0.29, 0.717) is 24.7 Å². The molecule has 4 nitrogen and oxygen atoms in total. The molecule has 114 valence electrons. The second-order valence-corrected chi connectivity index (χ2v) is 5.26. The summed E-state index contributed by atoms with van der Waals surface area (Å²) < 4.78 is 37.7. The van der Waals surface area contributed by atoms with Crippen LogP contribution in [0.15, 0.2) is 24.0 Å². The molecule has 0 aliphatic carbocycles. The molecule has 8 heteroatoms. The third-order valence-electron chi connectivity index (χ3n) is 2.94. The van der Waals surface area contributed by atoms with E-state index < -0.39 is 11.7 Å². The van der Waals surface area contributed by atoms with E-state index in [-0.39, 0.29) is 16.7 Å². The van der Waals surface area contributed by atoms with Gasteiger partial charge >= 0.3 is 6.18 Å². The standard InChI is InChI=1S/C13H13ClF3N3O/c1-19(2)7-8-3-4-20(12(8)21)11-10(14)5-9(6-18-11)13(15,16)17/h5-7H,3-4H2,1-2H3/b8-7+. The summed E-state index contributed by atoms with van der Waals surface area (Å²) in [6, 6.07) is 0.783. The number of halogens is 4. The first-order valence-corrected chi connectivity index (χ1v) is 6.49. The van der Waals surface area contributed by atoms with Crippen LogP contribution in [0, 0.1) is 0 Å². The van der Waals surface area contributed by atoms with E-state index in [0.717, 1.165) is 6.07 Å². The molecule has 2 rings (SSSR count). The first-order chi connectivity index (χ1) is 9.70. The van der Waals surface area contributed by atoms with E-state index in [1.807, 2.05) is 0 Å². The van der Waals surface area contributed by atoms with Crippen LogP contribution in [-0.2, 0) is 11.0 Å². The normalized spacial score (nSPS) is 17.7. The van der Waals surface area contributed by atoms with Gasteiger partial charge < -0.3 is 4.90 Å². The summed E-state index contributed by atoms with van der Waals surface area (Å²) in [6.07, 6.45) is -1.65. The molecule has 0 atom stereocenters. The van der Waals surface area contributed by atoms with Gasteiger partial charge in [0.2, 0.25) is 0 Å². The monoisotopic (exact) mass is 319 g/mol. The van der Waals surface area contributed by atoms with Crippen LogP contribution in [0.4, 0.5) is 19.0 Å². The molecule has 1 aromatic rings. The maximum Gasteiger partial charge on any atom is 0.417 e. The number of pyridine rings is 1. The van der Waals surface area contributed by atoms with Gasteiger partial charge in [0.1, 0.15) is 0 Å². The van der Waals surface area contributed by atoms with Crippen LogP contribution in [-0.4, -0.2) is 36.4 Å². The van der Waals surface area contributed by atoms with Crippen molar-refractivity contribution < 1.29 is 18.0 Å². The van der Waals surface area contributed by atoms with Crippen molar-refractivity contribution in [2.45, 2.75) is 12.6 Å². The van der Waals surface area contributed by atoms with Crippen molar-refractivity contribution in [3.05, 3.63) is 34.6 Å². The highest BCUT2D eigenvalue weighted by Gasteiger charge is 2.34. The van der Waals surface area contributed by atoms with E-state index in [1.165, 1.54) is 4.90 Å². The maximum absolute atomic E-state index is 12.6. The van der Waals surface area contributed by atoms with Crippen molar-refractivity contribution in [3.63, 3.8) is 0 Å². The Labute approximate surface area is 124 Å². The van der Waals surface area contributed by atoms with Crippen molar-refractivity contribution in [2.24, 2.45) is 0 Å². The van der Waals surface area contributed by atoms with E-state index in [1.54, 1.807) is 25.2 Å². The third kappa shape index (κ3) is 3.29. The minimum atomic E-state index is -4.51. The Morgan fingerprint density at radius 3 is 2.62 bits per heavy atom. The molecule has 1 fully saturated rings. The van der Waals surface area contributed by atoms with E-state index in [2.05, 4.69) is 4.98 Å². The highest BCUT2D eigenvalue weighted by molar-refractivity contribution is 6.33. The van der Waals surface area contributed by atoms with Crippen LogP contribution in [0.1, 0.15) is 12.0 Å². The molecule has 1 aromatic heterocycles. The molecule has 1 amide bonds. The lowest BCUT2D eigenvalue weighted by Crippen LogP contribution is -2.26. The topological polar surface area (TPSA) is 36.4 Å². The summed E-state index contributed by atoms with van der Waals surface area (Å²) in [6.45, 7) is 0.344. The minimum Gasteiger partial charge on any atom is -0.383 e. The van der Waals surface area contributed by atoms with Gasteiger partial charge in [-0.25, -0.2) is 4.98 Å². The lowest BCUT2D eigenvalue weighted by Gasteiger charge is -2.17. The molecule has 0 radical (unpaired) electrons. The van der Waals surface area contributed by atoms with Gasteiger partial charge in [-0.15, -0.1) is 0 Å². The molecule has 1 aliphatic heterocycles. The highest BCUT2D eigenvalue weighted by Crippen LogP contribution is 2.35. The van der Waals surface area contributed by atoms with Gasteiger partial charge in [-0.3, -0.25) is 9.69 Å². The fraction of sp³-hybridized carbons (Fsp3) is 0.385. The number of hydrogen-bond acceptors (Lipinski definition) is 3. The largest absolute Gasteiger partial charge is 0.417 e. The second-order valence-electron chi connectivity index (χ2n) is 4.85. The Balaban J connectivity index is 2.30. The Kier molecular flexibility index (Phi) is 4.13. The average Bonchev–Trinajstić information content (AvgIpc) is 2.69. The first kappa shape index (κ1) is 15.6. The number of rotatable bonds is 2. The number of alkyl halides is 3. The van der Waals surface area contributed by atoms with Crippen molar-refractivity contribution >= 4 is 23.3 Å². The summed E-state index contributed by atoms with van der Waals surface area (Å²) in [7, 11) is 3.57. The SMILES string of the molecule is CN(C)/C=C1\CCN(c2ncc(C(F)(F)F)cc2Cl)C1=O. The van der Waals surface area contributed by atoms with Gasteiger partial charge in [-0.1, -0.05) is 11.6 Å². The molecule has 1 saturated heterocycles. The Morgan fingerprint density at radius 2 is 2.10 bits per heavy atom. The average molecular weight is 320 g/mol. The quantitative estimate of drug-likeness (QED) is 0.786. The zero-order valence-electron chi connectivity index (χ0n) is 11.4. The van der Waals surface area contributed by atoms with E-state index in [9.17, 15) is 18.0 Å². The molecule has 1 aliphatic rings. The zero-order valence-corrected chi connectivity index (χ0v) is 12.2. The maximum atomic E-state index is 12.6. The summed E-state index contributed by atoms with van der Waals surface area (Å²) in [4.78, 5) is 18.9. The zero-order chi connectivity index (χ0) is 15.8. The second kappa shape index (κ2) is 5.55. The van der Waals surface area contributed by atoms with Crippen molar-refractivity contribution in [1.82, 2.24) is 9.88 Å². The van der Waals surface area contributed by atoms with Crippen molar-refractivity contribution in [2.75, 3.05) is 25.5 Å². The molecular formula is C13H13ClF3N3O. The molecule has 0 bridgehead atoms. The summed E-state index contributed by atoms with van der Waals surface area (Å²) in [5.74, 6) is -0.241. The van der Waals surface area contributed by atoms with Crippen LogP contribution >= 0.6 is 11.6 Å². The summed E-state index contributed by atoms with van der Waals surface area (Å²) >= 11 is 5.85. The summed E-state index contributed by atoms with van der Waals surface area (Å²) in [5.41, 5.74) is -0.371. The van der Waals surface area contributed by atoms with Crippen LogP contribution in [0.3, 0.4) is 0 Å². The van der Waals surface area contributed by atoms with Gasteiger partial charge in [0.15, 0.2) is 5.82 Å². The molecule has 0 N–H and O–H groups in total. The highest BCUT2D eigenvalue weighted by atomic mass is 35.5. The number of carbonyl (C=O) groups excluding carboxylic acids is 1. The van der Waals surface area contributed by atoms with E-state index in [4.69, 9.17) is 11.6 Å². The number of hydrogen-bond donors (Lipinski definition) is 0. The summed E-state index contributed by atoms with van der Waals surface area (Å²) in [5, 5.41) is -0.190. The smallest absolute Gasteiger partial charge is 0.383 e. The van der Waals surface area contributed by atoms with Gasteiger partial charge in [-0.05, 0) is 12.5 Å². The predicted molar refractivity (Wildman–Crippen MR) is 73.0 cm³/mol. The lowest BCUT2D eigenvalue weighted by molar-refractivity contribution is -0.137. The van der Waals surface area contributed by atoms with Gasteiger partial charge in [0.05, 0.1) is 10.6 Å². The van der Waals surface area contributed by atoms with Crippen molar-refractivity contribution in [3.8, 4) is 0 Å². The Bertz CT molecular complexity index is 599. The fourth-order valence-corrected chi connectivity index (χ4v) is 2.30. The first-order valence-electron chi connectivity index (χ1n) is 6.12. The van der Waals surface area contributed by atoms with Crippen LogP contribution in [0.2, 0.25) is 5.02 Å². The molecule has 2 heterocycles. The molecule has 0 spiro atoms. The predicted octanol–water partition coefficient (Wildman–Crippen LogP) is 2.94. The Morgan fingerprint density at radius 1 is 1.43 bits per heavy atom. The number of anilines is 1. The number of carbonyl (C=O) groups is 1. The molecule has 0 aromatic carbocycles. The fourth-order valence-electron chi connectivity index (χ4n) is 2.03. The van der Waals surface area contributed by atoms with Crippen LogP contribution < -0.4 is 4.90 Å². The van der Waals surface area contributed by atoms with E-state index >= 15 is 0 Å². The third-order valence-corrected chi connectivity index (χ3v) is 3.22. The van der Waals surface area contributed by atoms with Gasteiger partial charge in [-0.2, -0.15) is 13.2 Å². The minimum absolute atomic E-state index is 0.0526. The number of nitrogens with zero attached hydrogens (tertiary/aromatic N) is 3. The Hall–Kier alpha value is -1.76. The van der Waals surface area contributed by atoms with Crippen LogP contribution in [0.25, 0.3) is 0 Å². The molecule has 0 saturated carbocycles. The van der Waals surface area contributed by atoms with Gasteiger partial charge in [0.25, 0.3) is 5.91 Å². The van der Waals surface area contributed by atoms with Crippen LogP contribution in [0.5, 0.6) is 0 Å². The number of aromatic nitrogens is 1. The molecular weight excluding hydrogens is 307 g/mol. The number of amides is 1. The molecule has 0 unspecified atom stereocenters.